The first-order chi connectivity index (χ1) is 8.31. The molecule has 1 aromatic heterocycles. The summed E-state index contributed by atoms with van der Waals surface area (Å²) >= 11 is 3.58. The first-order valence-electron chi connectivity index (χ1n) is 6.16. The molecule has 1 heterocycles. The van der Waals surface area contributed by atoms with Gasteiger partial charge in [0.1, 0.15) is 11.3 Å². The topological polar surface area (TPSA) is 43.8 Å². The third-order valence-corrected chi connectivity index (χ3v) is 4.22. The maximum atomic E-state index is 5.72. The van der Waals surface area contributed by atoms with Gasteiger partial charge in [0.2, 0.25) is 0 Å². The predicted octanol–water partition coefficient (Wildman–Crippen LogP) is 3.03. The van der Waals surface area contributed by atoms with E-state index in [0.717, 1.165) is 16.5 Å². The lowest BCUT2D eigenvalue weighted by Gasteiger charge is -2.25. The van der Waals surface area contributed by atoms with Crippen LogP contribution in [0.4, 0.5) is 0 Å². The molecular formula is C13H16BrN3. The zero-order valence-electron chi connectivity index (χ0n) is 9.69. The highest BCUT2D eigenvalue weighted by Gasteiger charge is 2.25. The summed E-state index contributed by atoms with van der Waals surface area (Å²) in [5.41, 5.74) is 7.99. The number of halogens is 1. The molecule has 90 valence electrons. The Balaban J connectivity index is 2.18. The van der Waals surface area contributed by atoms with Crippen LogP contribution in [0.5, 0.6) is 0 Å². The second kappa shape index (κ2) is 4.42. The van der Waals surface area contributed by atoms with Gasteiger partial charge < -0.3 is 10.3 Å². The fourth-order valence-corrected chi connectivity index (χ4v) is 2.92. The molecule has 17 heavy (non-hydrogen) atoms. The summed E-state index contributed by atoms with van der Waals surface area (Å²) < 4.78 is 3.37. The van der Waals surface area contributed by atoms with Crippen molar-refractivity contribution in [1.29, 1.82) is 0 Å². The van der Waals surface area contributed by atoms with Crippen LogP contribution in [0.15, 0.2) is 22.7 Å². The van der Waals surface area contributed by atoms with Crippen LogP contribution in [0.3, 0.4) is 0 Å². The molecule has 0 radical (unpaired) electrons. The van der Waals surface area contributed by atoms with Gasteiger partial charge in [-0.15, -0.1) is 0 Å². The lowest BCUT2D eigenvalue weighted by molar-refractivity contribution is 0.389. The third kappa shape index (κ3) is 1.79. The molecule has 3 rings (SSSR count). The summed E-state index contributed by atoms with van der Waals surface area (Å²) in [6.45, 7) is 1.52. The molecule has 4 heteroatoms. The number of fused-ring (bicyclic) bond motifs is 1. The van der Waals surface area contributed by atoms with Gasteiger partial charge in [0.05, 0.1) is 5.52 Å². The Kier molecular flexibility index (Phi) is 2.92. The van der Waals surface area contributed by atoms with E-state index in [4.69, 9.17) is 10.7 Å². The first-order valence-corrected chi connectivity index (χ1v) is 6.95. The maximum Gasteiger partial charge on any atom is 0.113 e. The van der Waals surface area contributed by atoms with Crippen molar-refractivity contribution in [2.24, 2.45) is 5.73 Å². The minimum absolute atomic E-state index is 0.640. The molecule has 1 aliphatic rings. The lowest BCUT2D eigenvalue weighted by atomic mass is 9.85. The van der Waals surface area contributed by atoms with Crippen LogP contribution in [-0.2, 0) is 6.54 Å². The Labute approximate surface area is 109 Å². The number of imidazole rings is 1. The molecule has 3 nitrogen and oxygen atoms in total. The van der Waals surface area contributed by atoms with E-state index >= 15 is 0 Å². The molecule has 0 aliphatic heterocycles. The summed E-state index contributed by atoms with van der Waals surface area (Å²) in [4.78, 5) is 4.81. The van der Waals surface area contributed by atoms with E-state index in [0.29, 0.717) is 12.5 Å². The van der Waals surface area contributed by atoms with Crippen LogP contribution in [-0.4, -0.2) is 16.1 Å². The van der Waals surface area contributed by atoms with Crippen LogP contribution >= 0.6 is 15.9 Å². The highest BCUT2D eigenvalue weighted by molar-refractivity contribution is 9.10. The fourth-order valence-electron chi connectivity index (χ4n) is 2.47. The molecule has 0 amide bonds. The van der Waals surface area contributed by atoms with Crippen molar-refractivity contribution in [3.05, 3.63) is 28.5 Å². The Bertz CT molecular complexity index is 543. The van der Waals surface area contributed by atoms with Gasteiger partial charge in [-0.2, -0.15) is 0 Å². The number of aromatic nitrogens is 2. The highest BCUT2D eigenvalue weighted by Crippen LogP contribution is 2.38. The molecule has 2 N–H and O–H groups in total. The number of hydrogen-bond donors (Lipinski definition) is 1. The molecule has 1 aliphatic carbocycles. The van der Waals surface area contributed by atoms with Gasteiger partial charge in [0, 0.05) is 23.5 Å². The van der Waals surface area contributed by atoms with Gasteiger partial charge in [-0.05, 0) is 40.9 Å². The van der Waals surface area contributed by atoms with Crippen molar-refractivity contribution in [2.75, 3.05) is 6.54 Å². The zero-order chi connectivity index (χ0) is 11.8. The molecule has 0 spiro atoms. The smallest absolute Gasteiger partial charge is 0.113 e. The van der Waals surface area contributed by atoms with Gasteiger partial charge in [-0.1, -0.05) is 12.5 Å². The second-order valence-corrected chi connectivity index (χ2v) is 5.50. The Morgan fingerprint density at radius 1 is 1.41 bits per heavy atom. The van der Waals surface area contributed by atoms with Crippen molar-refractivity contribution in [1.82, 2.24) is 9.55 Å². The lowest BCUT2D eigenvalue weighted by Crippen LogP contribution is -2.18. The number of hydrogen-bond acceptors (Lipinski definition) is 2. The molecule has 1 aromatic carbocycles. The van der Waals surface area contributed by atoms with E-state index in [9.17, 15) is 0 Å². The summed E-state index contributed by atoms with van der Waals surface area (Å²) in [7, 11) is 0. The highest BCUT2D eigenvalue weighted by atomic mass is 79.9. The van der Waals surface area contributed by atoms with Gasteiger partial charge in [0.15, 0.2) is 0 Å². The molecule has 0 unspecified atom stereocenters. The summed E-state index contributed by atoms with van der Waals surface area (Å²) in [5, 5.41) is 0. The van der Waals surface area contributed by atoms with Gasteiger partial charge >= 0.3 is 0 Å². The normalized spacial score (nSPS) is 16.4. The average molecular weight is 294 g/mol. The molecule has 0 saturated heterocycles. The van der Waals surface area contributed by atoms with Crippen LogP contribution in [0.25, 0.3) is 11.0 Å². The van der Waals surface area contributed by atoms with E-state index < -0.39 is 0 Å². The van der Waals surface area contributed by atoms with Crippen molar-refractivity contribution in [3.8, 4) is 0 Å². The van der Waals surface area contributed by atoms with Gasteiger partial charge in [0.25, 0.3) is 0 Å². The number of para-hydroxylation sites is 1. The van der Waals surface area contributed by atoms with Gasteiger partial charge in [-0.3, -0.25) is 0 Å². The van der Waals surface area contributed by atoms with Crippen molar-refractivity contribution in [3.63, 3.8) is 0 Å². The quantitative estimate of drug-likeness (QED) is 0.945. The fraction of sp³-hybridized carbons (Fsp3) is 0.462. The Hall–Kier alpha value is -0.870. The average Bonchev–Trinajstić information content (AvgIpc) is 2.58. The third-order valence-electron chi connectivity index (χ3n) is 3.58. The molecule has 0 atom stereocenters. The van der Waals surface area contributed by atoms with E-state index in [1.54, 1.807) is 0 Å². The number of rotatable bonds is 3. The Morgan fingerprint density at radius 3 is 2.88 bits per heavy atom. The molecule has 0 bridgehead atoms. The van der Waals surface area contributed by atoms with Crippen LogP contribution in [0.1, 0.15) is 31.0 Å². The monoisotopic (exact) mass is 293 g/mol. The minimum Gasteiger partial charge on any atom is -0.329 e. The largest absolute Gasteiger partial charge is 0.329 e. The number of nitrogens with two attached hydrogens (primary N) is 1. The number of benzene rings is 1. The van der Waals surface area contributed by atoms with E-state index in [1.165, 1.54) is 30.6 Å². The molecular weight excluding hydrogens is 278 g/mol. The Morgan fingerprint density at radius 2 is 2.24 bits per heavy atom. The van der Waals surface area contributed by atoms with Crippen molar-refractivity contribution in [2.45, 2.75) is 31.7 Å². The van der Waals surface area contributed by atoms with Crippen LogP contribution in [0, 0.1) is 0 Å². The SMILES string of the molecule is NCCn1c(C2CCC2)nc2c(Br)cccc21. The molecule has 1 fully saturated rings. The molecule has 1 saturated carbocycles. The summed E-state index contributed by atoms with van der Waals surface area (Å²) in [6, 6.07) is 6.24. The zero-order valence-corrected chi connectivity index (χ0v) is 11.3. The standard InChI is InChI=1S/C13H16BrN3/c14-10-5-2-6-11-12(10)16-13(9-3-1-4-9)17(11)8-7-15/h2,5-6,9H,1,3-4,7-8,15H2. The minimum atomic E-state index is 0.640. The maximum absolute atomic E-state index is 5.72. The second-order valence-electron chi connectivity index (χ2n) is 4.65. The molecule has 2 aromatic rings. The predicted molar refractivity (Wildman–Crippen MR) is 73.1 cm³/mol. The van der Waals surface area contributed by atoms with Crippen molar-refractivity contribution >= 4 is 27.0 Å². The van der Waals surface area contributed by atoms with Crippen LogP contribution in [0.2, 0.25) is 0 Å². The van der Waals surface area contributed by atoms with E-state index in [1.807, 2.05) is 6.07 Å². The number of nitrogens with zero attached hydrogens (tertiary/aromatic N) is 2. The summed E-state index contributed by atoms with van der Waals surface area (Å²) in [5.74, 6) is 1.87. The van der Waals surface area contributed by atoms with E-state index in [-0.39, 0.29) is 0 Å². The van der Waals surface area contributed by atoms with Crippen molar-refractivity contribution < 1.29 is 0 Å². The van der Waals surface area contributed by atoms with Crippen LogP contribution < -0.4 is 5.73 Å². The summed E-state index contributed by atoms with van der Waals surface area (Å²) in [6.07, 6.45) is 3.87. The van der Waals surface area contributed by atoms with E-state index in [2.05, 4.69) is 32.6 Å². The first kappa shape index (κ1) is 11.2. The van der Waals surface area contributed by atoms with Gasteiger partial charge in [-0.25, -0.2) is 4.98 Å².